The molecule has 1 fully saturated rings. The maximum absolute atomic E-state index is 5.62. The second-order valence-electron chi connectivity index (χ2n) is 4.30. The Hall–Kier alpha value is -0.820. The molecule has 1 unspecified atom stereocenters. The molecule has 76 valence electrons. The molecule has 0 aliphatic heterocycles. The molecule has 0 saturated heterocycles. The molecular formula is C13H18O. The number of rotatable bonds is 5. The topological polar surface area (TPSA) is 9.23 Å². The minimum Gasteiger partial charge on any atom is -0.377 e. The Morgan fingerprint density at radius 3 is 2.64 bits per heavy atom. The highest BCUT2D eigenvalue weighted by Gasteiger charge is 2.31. The lowest BCUT2D eigenvalue weighted by atomic mass is 10.2. The third kappa shape index (κ3) is 2.85. The van der Waals surface area contributed by atoms with E-state index < -0.39 is 0 Å². The maximum atomic E-state index is 5.62. The lowest BCUT2D eigenvalue weighted by Crippen LogP contribution is -1.96. The van der Waals surface area contributed by atoms with Crippen LogP contribution in [0.15, 0.2) is 30.3 Å². The van der Waals surface area contributed by atoms with Gasteiger partial charge in [0.25, 0.3) is 0 Å². The van der Waals surface area contributed by atoms with Gasteiger partial charge in [-0.15, -0.1) is 0 Å². The summed E-state index contributed by atoms with van der Waals surface area (Å²) in [7, 11) is 0. The molecule has 2 rings (SSSR count). The SMILES string of the molecule is CC1C[C@@H]1CCOCc1ccccc1. The van der Waals surface area contributed by atoms with E-state index in [4.69, 9.17) is 4.74 Å². The number of benzene rings is 1. The third-order valence-electron chi connectivity index (χ3n) is 3.02. The van der Waals surface area contributed by atoms with E-state index in [1.807, 2.05) is 6.07 Å². The summed E-state index contributed by atoms with van der Waals surface area (Å²) in [4.78, 5) is 0. The molecule has 0 radical (unpaired) electrons. The van der Waals surface area contributed by atoms with E-state index in [2.05, 4.69) is 31.2 Å². The molecule has 1 aliphatic carbocycles. The standard InChI is InChI=1S/C13H18O/c1-11-9-13(11)7-8-14-10-12-5-3-2-4-6-12/h2-6,11,13H,7-10H2,1H3/t11?,13-/m0/s1. The predicted molar refractivity (Wildman–Crippen MR) is 58.0 cm³/mol. The minimum absolute atomic E-state index is 0.766. The van der Waals surface area contributed by atoms with Crippen molar-refractivity contribution in [2.75, 3.05) is 6.61 Å². The Balaban J connectivity index is 1.59. The van der Waals surface area contributed by atoms with Crippen molar-refractivity contribution in [3.05, 3.63) is 35.9 Å². The average Bonchev–Trinajstić information content (AvgIpc) is 2.91. The van der Waals surface area contributed by atoms with Crippen LogP contribution in [0.2, 0.25) is 0 Å². The van der Waals surface area contributed by atoms with Crippen LogP contribution in [0.3, 0.4) is 0 Å². The molecule has 0 amide bonds. The molecular weight excluding hydrogens is 172 g/mol. The molecule has 1 saturated carbocycles. The highest BCUT2D eigenvalue weighted by molar-refractivity contribution is 5.13. The molecule has 14 heavy (non-hydrogen) atoms. The van der Waals surface area contributed by atoms with Gasteiger partial charge in [-0.25, -0.2) is 0 Å². The van der Waals surface area contributed by atoms with Crippen LogP contribution in [0.1, 0.15) is 25.3 Å². The monoisotopic (exact) mass is 190 g/mol. The third-order valence-corrected chi connectivity index (χ3v) is 3.02. The average molecular weight is 190 g/mol. The van der Waals surface area contributed by atoms with Crippen LogP contribution in [-0.4, -0.2) is 6.61 Å². The fraction of sp³-hybridized carbons (Fsp3) is 0.538. The Morgan fingerprint density at radius 2 is 2.00 bits per heavy atom. The molecule has 1 aromatic carbocycles. The lowest BCUT2D eigenvalue weighted by molar-refractivity contribution is 0.114. The Labute approximate surface area is 86.1 Å². The Morgan fingerprint density at radius 1 is 1.29 bits per heavy atom. The van der Waals surface area contributed by atoms with Crippen LogP contribution < -0.4 is 0 Å². The second kappa shape index (κ2) is 4.61. The van der Waals surface area contributed by atoms with E-state index in [0.29, 0.717) is 0 Å². The highest BCUT2D eigenvalue weighted by atomic mass is 16.5. The van der Waals surface area contributed by atoms with Crippen LogP contribution in [-0.2, 0) is 11.3 Å². The summed E-state index contributed by atoms with van der Waals surface area (Å²) in [6.45, 7) is 4.01. The molecule has 0 spiro atoms. The number of hydrogen-bond acceptors (Lipinski definition) is 1. The smallest absolute Gasteiger partial charge is 0.0716 e. The van der Waals surface area contributed by atoms with Gasteiger partial charge in [0.1, 0.15) is 0 Å². The van der Waals surface area contributed by atoms with E-state index in [1.165, 1.54) is 18.4 Å². The van der Waals surface area contributed by atoms with Gasteiger partial charge in [-0.1, -0.05) is 37.3 Å². The van der Waals surface area contributed by atoms with Crippen molar-refractivity contribution in [3.63, 3.8) is 0 Å². The lowest BCUT2D eigenvalue weighted by Gasteiger charge is -2.03. The Kier molecular flexibility index (Phi) is 3.20. The summed E-state index contributed by atoms with van der Waals surface area (Å²) in [6, 6.07) is 10.4. The van der Waals surface area contributed by atoms with Crippen molar-refractivity contribution in [2.45, 2.75) is 26.4 Å². The van der Waals surface area contributed by atoms with Crippen molar-refractivity contribution >= 4 is 0 Å². The molecule has 2 atom stereocenters. The summed E-state index contributed by atoms with van der Waals surface area (Å²) in [6.07, 6.45) is 2.66. The van der Waals surface area contributed by atoms with Gasteiger partial charge in [-0.3, -0.25) is 0 Å². The van der Waals surface area contributed by atoms with E-state index >= 15 is 0 Å². The van der Waals surface area contributed by atoms with Crippen molar-refractivity contribution in [2.24, 2.45) is 11.8 Å². The van der Waals surface area contributed by atoms with Crippen molar-refractivity contribution < 1.29 is 4.74 Å². The fourth-order valence-electron chi connectivity index (χ4n) is 1.80. The quantitative estimate of drug-likeness (QED) is 0.648. The fourth-order valence-corrected chi connectivity index (χ4v) is 1.80. The van der Waals surface area contributed by atoms with E-state index in [1.54, 1.807) is 0 Å². The summed E-state index contributed by atoms with van der Waals surface area (Å²) >= 11 is 0. The van der Waals surface area contributed by atoms with E-state index in [0.717, 1.165) is 25.0 Å². The molecule has 1 nitrogen and oxygen atoms in total. The second-order valence-corrected chi connectivity index (χ2v) is 4.30. The summed E-state index contributed by atoms with van der Waals surface area (Å²) in [5.41, 5.74) is 1.27. The maximum Gasteiger partial charge on any atom is 0.0716 e. The largest absolute Gasteiger partial charge is 0.377 e. The van der Waals surface area contributed by atoms with Gasteiger partial charge < -0.3 is 4.74 Å². The molecule has 1 heteroatoms. The van der Waals surface area contributed by atoms with Gasteiger partial charge in [0.05, 0.1) is 6.61 Å². The van der Waals surface area contributed by atoms with Gasteiger partial charge in [-0.2, -0.15) is 0 Å². The summed E-state index contributed by atoms with van der Waals surface area (Å²) < 4.78 is 5.62. The van der Waals surface area contributed by atoms with Crippen LogP contribution >= 0.6 is 0 Å². The molecule has 0 bridgehead atoms. The van der Waals surface area contributed by atoms with Gasteiger partial charge in [0.15, 0.2) is 0 Å². The van der Waals surface area contributed by atoms with Crippen molar-refractivity contribution in [1.29, 1.82) is 0 Å². The number of hydrogen-bond donors (Lipinski definition) is 0. The van der Waals surface area contributed by atoms with Gasteiger partial charge >= 0.3 is 0 Å². The van der Waals surface area contributed by atoms with Crippen LogP contribution in [0, 0.1) is 11.8 Å². The van der Waals surface area contributed by atoms with Gasteiger partial charge in [-0.05, 0) is 30.2 Å². The van der Waals surface area contributed by atoms with Crippen LogP contribution in [0.25, 0.3) is 0 Å². The summed E-state index contributed by atoms with van der Waals surface area (Å²) in [5.74, 6) is 1.90. The van der Waals surface area contributed by atoms with E-state index in [-0.39, 0.29) is 0 Å². The zero-order valence-corrected chi connectivity index (χ0v) is 8.78. The normalized spacial score (nSPS) is 24.9. The minimum atomic E-state index is 0.766. The molecule has 1 aromatic rings. The highest BCUT2D eigenvalue weighted by Crippen LogP contribution is 2.40. The van der Waals surface area contributed by atoms with Crippen LogP contribution in [0.4, 0.5) is 0 Å². The first-order valence-electron chi connectivity index (χ1n) is 5.48. The van der Waals surface area contributed by atoms with E-state index in [9.17, 15) is 0 Å². The molecule has 1 aliphatic rings. The predicted octanol–water partition coefficient (Wildman–Crippen LogP) is 3.25. The first-order valence-corrected chi connectivity index (χ1v) is 5.48. The molecule has 0 aromatic heterocycles. The van der Waals surface area contributed by atoms with Crippen molar-refractivity contribution in [1.82, 2.24) is 0 Å². The number of ether oxygens (including phenoxy) is 1. The first kappa shape index (κ1) is 9.72. The van der Waals surface area contributed by atoms with Gasteiger partial charge in [0.2, 0.25) is 0 Å². The first-order chi connectivity index (χ1) is 6.86. The zero-order valence-electron chi connectivity index (χ0n) is 8.78. The summed E-state index contributed by atoms with van der Waals surface area (Å²) in [5, 5.41) is 0. The van der Waals surface area contributed by atoms with Gasteiger partial charge in [0, 0.05) is 6.61 Å². The molecule has 0 heterocycles. The Bertz CT molecular complexity index is 268. The van der Waals surface area contributed by atoms with Crippen molar-refractivity contribution in [3.8, 4) is 0 Å². The zero-order chi connectivity index (χ0) is 9.80. The molecule has 0 N–H and O–H groups in total. The van der Waals surface area contributed by atoms with Crippen LogP contribution in [0.5, 0.6) is 0 Å².